The highest BCUT2D eigenvalue weighted by Gasteiger charge is 2.24. The van der Waals surface area contributed by atoms with Gasteiger partial charge in [0, 0.05) is 19.1 Å². The lowest BCUT2D eigenvalue weighted by Gasteiger charge is -2.27. The van der Waals surface area contributed by atoms with E-state index in [0.717, 1.165) is 38.4 Å². The zero-order valence-corrected chi connectivity index (χ0v) is 15.4. The SMILES string of the molecule is CCCCC(CC)COCCCCCC(C)C1OCC(=O)CO1. The van der Waals surface area contributed by atoms with E-state index in [1.165, 1.54) is 32.1 Å². The van der Waals surface area contributed by atoms with Gasteiger partial charge in [0.25, 0.3) is 0 Å². The highest BCUT2D eigenvalue weighted by Crippen LogP contribution is 2.19. The van der Waals surface area contributed by atoms with E-state index < -0.39 is 0 Å². The van der Waals surface area contributed by atoms with Crippen molar-refractivity contribution in [2.24, 2.45) is 11.8 Å². The molecular weight excluding hydrogens is 292 g/mol. The maximum absolute atomic E-state index is 11.1. The largest absolute Gasteiger partial charge is 0.381 e. The molecule has 23 heavy (non-hydrogen) atoms. The fourth-order valence-electron chi connectivity index (χ4n) is 2.90. The van der Waals surface area contributed by atoms with E-state index in [-0.39, 0.29) is 25.3 Å². The van der Waals surface area contributed by atoms with Gasteiger partial charge in [-0.3, -0.25) is 4.79 Å². The minimum absolute atomic E-state index is 0.0370. The third kappa shape index (κ3) is 9.43. The van der Waals surface area contributed by atoms with Crippen molar-refractivity contribution in [1.82, 2.24) is 0 Å². The molecule has 1 aliphatic heterocycles. The van der Waals surface area contributed by atoms with Crippen LogP contribution in [-0.2, 0) is 19.0 Å². The minimum Gasteiger partial charge on any atom is -0.381 e. The maximum atomic E-state index is 11.1. The molecule has 0 aliphatic carbocycles. The first-order chi connectivity index (χ1) is 11.2. The topological polar surface area (TPSA) is 44.8 Å². The van der Waals surface area contributed by atoms with Crippen LogP contribution in [0.5, 0.6) is 0 Å². The summed E-state index contributed by atoms with van der Waals surface area (Å²) in [6, 6.07) is 0. The van der Waals surface area contributed by atoms with Gasteiger partial charge in [-0.15, -0.1) is 0 Å². The van der Waals surface area contributed by atoms with Crippen LogP contribution in [0.1, 0.15) is 72.1 Å². The molecule has 4 heteroatoms. The van der Waals surface area contributed by atoms with Crippen LogP contribution in [0, 0.1) is 11.8 Å². The first kappa shape index (κ1) is 20.6. The molecule has 1 saturated heterocycles. The number of ketones is 1. The predicted octanol–water partition coefficient (Wildman–Crippen LogP) is 4.36. The summed E-state index contributed by atoms with van der Waals surface area (Å²) >= 11 is 0. The molecule has 1 heterocycles. The van der Waals surface area contributed by atoms with Crippen LogP contribution in [0.4, 0.5) is 0 Å². The summed E-state index contributed by atoms with van der Waals surface area (Å²) in [6.45, 7) is 8.85. The van der Waals surface area contributed by atoms with Gasteiger partial charge in [0.15, 0.2) is 12.1 Å². The van der Waals surface area contributed by atoms with E-state index in [1.807, 2.05) is 0 Å². The lowest BCUT2D eigenvalue weighted by molar-refractivity contribution is -0.202. The Labute approximate surface area is 142 Å². The van der Waals surface area contributed by atoms with E-state index in [0.29, 0.717) is 5.92 Å². The van der Waals surface area contributed by atoms with E-state index in [2.05, 4.69) is 20.8 Å². The Kier molecular flexibility index (Phi) is 11.6. The van der Waals surface area contributed by atoms with E-state index in [4.69, 9.17) is 14.2 Å². The molecule has 1 fully saturated rings. The summed E-state index contributed by atoms with van der Waals surface area (Å²) in [6.07, 6.45) is 9.46. The van der Waals surface area contributed by atoms with Crippen molar-refractivity contribution in [3.63, 3.8) is 0 Å². The standard InChI is InChI=1S/C19H36O4/c1-4-6-11-17(5-2)13-21-12-9-7-8-10-16(3)19-22-14-18(20)15-23-19/h16-17,19H,4-15H2,1-3H3. The average Bonchev–Trinajstić information content (AvgIpc) is 2.57. The third-order valence-corrected chi connectivity index (χ3v) is 4.63. The molecule has 0 amide bonds. The molecule has 1 aliphatic rings. The number of ether oxygens (including phenoxy) is 3. The van der Waals surface area contributed by atoms with Crippen molar-refractivity contribution in [2.45, 2.75) is 78.4 Å². The molecule has 0 bridgehead atoms. The molecule has 0 aromatic heterocycles. The number of hydrogen-bond donors (Lipinski definition) is 0. The fourth-order valence-corrected chi connectivity index (χ4v) is 2.90. The second-order valence-electron chi connectivity index (χ2n) is 6.85. The fraction of sp³-hybridized carbons (Fsp3) is 0.947. The van der Waals surface area contributed by atoms with Crippen LogP contribution < -0.4 is 0 Å². The summed E-state index contributed by atoms with van der Waals surface area (Å²) < 4.78 is 16.7. The highest BCUT2D eigenvalue weighted by molar-refractivity contribution is 5.81. The number of carbonyl (C=O) groups is 1. The minimum atomic E-state index is -0.201. The normalized spacial score (nSPS) is 19.0. The molecule has 0 saturated carbocycles. The Morgan fingerprint density at radius 1 is 1.09 bits per heavy atom. The van der Waals surface area contributed by atoms with Crippen molar-refractivity contribution < 1.29 is 19.0 Å². The number of rotatable bonds is 13. The lowest BCUT2D eigenvalue weighted by Crippen LogP contribution is -2.36. The molecule has 2 unspecified atom stereocenters. The molecule has 1 rings (SSSR count). The van der Waals surface area contributed by atoms with Crippen molar-refractivity contribution in [3.8, 4) is 0 Å². The molecule has 0 spiro atoms. The predicted molar refractivity (Wildman–Crippen MR) is 92.5 cm³/mol. The lowest BCUT2D eigenvalue weighted by atomic mass is 10.0. The zero-order chi connectivity index (χ0) is 16.9. The van der Waals surface area contributed by atoms with Crippen LogP contribution in [0.3, 0.4) is 0 Å². The van der Waals surface area contributed by atoms with Gasteiger partial charge in [-0.25, -0.2) is 0 Å². The zero-order valence-electron chi connectivity index (χ0n) is 15.4. The summed E-state index contributed by atoms with van der Waals surface area (Å²) in [5, 5.41) is 0. The number of unbranched alkanes of at least 4 members (excludes halogenated alkanes) is 3. The molecule has 136 valence electrons. The quantitative estimate of drug-likeness (QED) is 0.471. The van der Waals surface area contributed by atoms with Gasteiger partial charge in [-0.05, 0) is 25.2 Å². The van der Waals surface area contributed by atoms with Crippen molar-refractivity contribution in [2.75, 3.05) is 26.4 Å². The van der Waals surface area contributed by atoms with Crippen LogP contribution in [-0.4, -0.2) is 38.5 Å². The van der Waals surface area contributed by atoms with Gasteiger partial charge in [0.05, 0.1) is 0 Å². The Hall–Kier alpha value is -0.450. The molecule has 2 atom stereocenters. The second-order valence-corrected chi connectivity index (χ2v) is 6.85. The van der Waals surface area contributed by atoms with Crippen molar-refractivity contribution in [1.29, 1.82) is 0 Å². The smallest absolute Gasteiger partial charge is 0.184 e. The van der Waals surface area contributed by atoms with Crippen molar-refractivity contribution in [3.05, 3.63) is 0 Å². The van der Waals surface area contributed by atoms with Gasteiger partial charge in [-0.2, -0.15) is 0 Å². The Balaban J connectivity index is 1.95. The summed E-state index contributed by atoms with van der Waals surface area (Å²) in [5.41, 5.74) is 0. The molecule has 0 N–H and O–H groups in total. The molecule has 0 radical (unpaired) electrons. The van der Waals surface area contributed by atoms with E-state index in [9.17, 15) is 4.79 Å². The molecule has 0 aromatic rings. The van der Waals surface area contributed by atoms with Crippen LogP contribution >= 0.6 is 0 Å². The average molecular weight is 328 g/mol. The number of Topliss-reactive ketones (excluding diaryl/α,β-unsaturated/α-hetero) is 1. The second kappa shape index (κ2) is 12.9. The van der Waals surface area contributed by atoms with Crippen molar-refractivity contribution >= 4 is 5.78 Å². The Morgan fingerprint density at radius 3 is 2.48 bits per heavy atom. The van der Waals surface area contributed by atoms with Gasteiger partial charge in [0.2, 0.25) is 0 Å². The molecule has 4 nitrogen and oxygen atoms in total. The van der Waals surface area contributed by atoms with Crippen LogP contribution in [0.2, 0.25) is 0 Å². The van der Waals surface area contributed by atoms with Gasteiger partial charge >= 0.3 is 0 Å². The van der Waals surface area contributed by atoms with Crippen LogP contribution in [0.15, 0.2) is 0 Å². The summed E-state index contributed by atoms with van der Waals surface area (Å²) in [7, 11) is 0. The Morgan fingerprint density at radius 2 is 1.83 bits per heavy atom. The van der Waals surface area contributed by atoms with Gasteiger partial charge < -0.3 is 14.2 Å². The van der Waals surface area contributed by atoms with Gasteiger partial charge in [0.1, 0.15) is 13.2 Å². The van der Waals surface area contributed by atoms with Gasteiger partial charge in [-0.1, -0.05) is 52.9 Å². The molecular formula is C19H36O4. The highest BCUT2D eigenvalue weighted by atomic mass is 16.7. The third-order valence-electron chi connectivity index (χ3n) is 4.63. The molecule has 0 aromatic carbocycles. The Bertz CT molecular complexity index is 296. The van der Waals surface area contributed by atoms with E-state index >= 15 is 0 Å². The first-order valence-corrected chi connectivity index (χ1v) is 9.50. The summed E-state index contributed by atoms with van der Waals surface area (Å²) in [4.78, 5) is 11.1. The monoisotopic (exact) mass is 328 g/mol. The van der Waals surface area contributed by atoms with E-state index in [1.54, 1.807) is 0 Å². The summed E-state index contributed by atoms with van der Waals surface area (Å²) in [5.74, 6) is 1.12. The van der Waals surface area contributed by atoms with Crippen LogP contribution in [0.25, 0.3) is 0 Å². The first-order valence-electron chi connectivity index (χ1n) is 9.50. The number of carbonyl (C=O) groups excluding carboxylic acids is 1. The number of hydrogen-bond acceptors (Lipinski definition) is 4. The maximum Gasteiger partial charge on any atom is 0.184 e.